The van der Waals surface area contributed by atoms with E-state index < -0.39 is 35.4 Å². The third kappa shape index (κ3) is 4.16. The highest BCUT2D eigenvalue weighted by atomic mass is 19.4. The molecule has 0 radical (unpaired) electrons. The summed E-state index contributed by atoms with van der Waals surface area (Å²) in [7, 11) is 0. The van der Waals surface area contributed by atoms with Crippen LogP contribution in [0, 0.1) is 5.82 Å². The number of fused-ring (bicyclic) bond motifs is 2. The Morgan fingerprint density at radius 2 is 1.83 bits per heavy atom. The molecule has 0 amide bonds. The Bertz CT molecular complexity index is 1500. The van der Waals surface area contributed by atoms with E-state index in [2.05, 4.69) is 15.0 Å². The maximum Gasteiger partial charge on any atom is 0.419 e. The lowest BCUT2D eigenvalue weighted by atomic mass is 10.0. The van der Waals surface area contributed by atoms with Gasteiger partial charge in [-0.3, -0.25) is 14.2 Å². The zero-order valence-electron chi connectivity index (χ0n) is 17.8. The highest BCUT2D eigenvalue weighted by molar-refractivity contribution is 6.00. The third-order valence-electron chi connectivity index (χ3n) is 5.58. The van der Waals surface area contributed by atoms with E-state index in [4.69, 9.17) is 0 Å². The van der Waals surface area contributed by atoms with E-state index in [0.717, 1.165) is 11.6 Å². The molecule has 1 aliphatic heterocycles. The highest BCUT2D eigenvalue weighted by Gasteiger charge is 2.35. The molecule has 0 unspecified atom stereocenters. The standard InChI is InChI=1S/C24H15F4N5O2/c25-17-6-5-14(9-16(17)24(26,27)28)21(34)12-32-20-4-2-1-3-15(20)11-33-22(35)10-19(31-23(32)33)18-7-8-29-13-30-18/h1-10,13H,11-12H2. The largest absolute Gasteiger partial charge is 0.419 e. The fourth-order valence-corrected chi connectivity index (χ4v) is 3.91. The maximum atomic E-state index is 13.7. The molecule has 0 aliphatic carbocycles. The molecule has 1 aliphatic rings. The number of aromatic nitrogens is 4. The molecule has 7 nitrogen and oxygen atoms in total. The summed E-state index contributed by atoms with van der Waals surface area (Å²) in [6.45, 7) is -0.236. The van der Waals surface area contributed by atoms with Gasteiger partial charge in [0, 0.05) is 23.5 Å². The van der Waals surface area contributed by atoms with Crippen LogP contribution in [0.25, 0.3) is 11.4 Å². The fourth-order valence-electron chi connectivity index (χ4n) is 3.91. The Labute approximate surface area is 195 Å². The number of benzene rings is 2. The van der Waals surface area contributed by atoms with Crippen LogP contribution in [-0.2, 0) is 12.7 Å². The second kappa shape index (κ2) is 8.42. The van der Waals surface area contributed by atoms with E-state index in [9.17, 15) is 27.2 Å². The van der Waals surface area contributed by atoms with Gasteiger partial charge in [-0.05, 0) is 35.9 Å². The van der Waals surface area contributed by atoms with Gasteiger partial charge in [0.05, 0.1) is 30.0 Å². The van der Waals surface area contributed by atoms with Gasteiger partial charge in [-0.2, -0.15) is 13.2 Å². The first-order chi connectivity index (χ1) is 16.7. The first kappa shape index (κ1) is 22.4. The van der Waals surface area contributed by atoms with Crippen LogP contribution in [-0.4, -0.2) is 31.8 Å². The van der Waals surface area contributed by atoms with Crippen molar-refractivity contribution >= 4 is 17.4 Å². The van der Waals surface area contributed by atoms with E-state index in [1.807, 2.05) is 0 Å². The minimum Gasteiger partial charge on any atom is -0.304 e. The quantitative estimate of drug-likeness (QED) is 0.321. The topological polar surface area (TPSA) is 81.0 Å². The van der Waals surface area contributed by atoms with E-state index in [-0.39, 0.29) is 23.8 Å². The molecule has 2 aromatic heterocycles. The van der Waals surface area contributed by atoms with Crippen molar-refractivity contribution in [3.63, 3.8) is 0 Å². The van der Waals surface area contributed by atoms with Crippen LogP contribution in [0.5, 0.6) is 0 Å². The first-order valence-electron chi connectivity index (χ1n) is 10.4. The molecular weight excluding hydrogens is 466 g/mol. The number of anilines is 2. The molecule has 0 atom stereocenters. The van der Waals surface area contributed by atoms with Crippen molar-refractivity contribution in [2.45, 2.75) is 12.7 Å². The van der Waals surface area contributed by atoms with E-state index in [1.165, 1.54) is 28.1 Å². The van der Waals surface area contributed by atoms with Gasteiger partial charge in [0.1, 0.15) is 12.1 Å². The molecule has 0 bridgehead atoms. The molecule has 0 saturated heterocycles. The Kier molecular flexibility index (Phi) is 5.39. The van der Waals surface area contributed by atoms with Crippen LogP contribution in [0.15, 0.2) is 71.9 Å². The predicted octanol–water partition coefficient (Wildman–Crippen LogP) is 4.24. The number of carbonyl (C=O) groups is 1. The second-order valence-electron chi connectivity index (χ2n) is 7.79. The summed E-state index contributed by atoms with van der Waals surface area (Å²) >= 11 is 0. The Balaban J connectivity index is 1.60. The summed E-state index contributed by atoms with van der Waals surface area (Å²) < 4.78 is 54.6. The Morgan fingerprint density at radius 3 is 2.57 bits per heavy atom. The second-order valence-corrected chi connectivity index (χ2v) is 7.79. The molecular formula is C24H15F4N5O2. The number of rotatable bonds is 4. The number of ketones is 1. The van der Waals surface area contributed by atoms with Crippen LogP contribution in [0.2, 0.25) is 0 Å². The van der Waals surface area contributed by atoms with Crippen LogP contribution in [0.1, 0.15) is 21.5 Å². The van der Waals surface area contributed by atoms with Crippen molar-refractivity contribution in [2.75, 3.05) is 11.4 Å². The van der Waals surface area contributed by atoms with E-state index in [0.29, 0.717) is 23.5 Å². The molecule has 11 heteroatoms. The van der Waals surface area contributed by atoms with Crippen molar-refractivity contribution in [3.8, 4) is 11.4 Å². The van der Waals surface area contributed by atoms with Crippen LogP contribution >= 0.6 is 0 Å². The summed E-state index contributed by atoms with van der Waals surface area (Å²) in [6, 6.07) is 12.0. The molecule has 0 fully saturated rings. The van der Waals surface area contributed by atoms with Gasteiger partial charge >= 0.3 is 6.18 Å². The molecule has 35 heavy (non-hydrogen) atoms. The number of hydrogen-bond acceptors (Lipinski definition) is 6. The summed E-state index contributed by atoms with van der Waals surface area (Å²) in [5, 5.41) is 0. The lowest BCUT2D eigenvalue weighted by Gasteiger charge is -2.32. The molecule has 0 spiro atoms. The van der Waals surface area contributed by atoms with Gasteiger partial charge in [-0.15, -0.1) is 0 Å². The smallest absolute Gasteiger partial charge is 0.304 e. The number of Topliss-reactive ketones (excluding diaryl/α,β-unsaturated/α-hetero) is 1. The molecule has 176 valence electrons. The molecule has 5 rings (SSSR count). The lowest BCUT2D eigenvalue weighted by Crippen LogP contribution is -2.37. The minimum absolute atomic E-state index is 0.135. The van der Waals surface area contributed by atoms with Crippen LogP contribution < -0.4 is 10.5 Å². The van der Waals surface area contributed by atoms with Gasteiger partial charge in [-0.25, -0.2) is 19.3 Å². The Morgan fingerprint density at radius 1 is 1.03 bits per heavy atom. The van der Waals surface area contributed by atoms with Crippen molar-refractivity contribution in [1.82, 2.24) is 19.5 Å². The van der Waals surface area contributed by atoms with Crippen molar-refractivity contribution in [2.24, 2.45) is 0 Å². The zero-order valence-corrected chi connectivity index (χ0v) is 17.8. The van der Waals surface area contributed by atoms with Crippen molar-refractivity contribution < 1.29 is 22.4 Å². The van der Waals surface area contributed by atoms with Crippen LogP contribution in [0.3, 0.4) is 0 Å². The lowest BCUT2D eigenvalue weighted by molar-refractivity contribution is -0.140. The molecule has 4 aromatic rings. The molecule has 0 saturated carbocycles. The summed E-state index contributed by atoms with van der Waals surface area (Å²) in [4.78, 5) is 40.0. The average molecular weight is 481 g/mol. The number of hydrogen-bond donors (Lipinski definition) is 0. The summed E-state index contributed by atoms with van der Waals surface area (Å²) in [5.41, 5.74) is -0.296. The SMILES string of the molecule is O=C(CN1c2ccccc2Cn2c1nc(-c1ccncn1)cc2=O)c1ccc(F)c(C(F)(F)F)c1. The van der Waals surface area contributed by atoms with Gasteiger partial charge in [0.2, 0.25) is 5.95 Å². The molecule has 3 heterocycles. The maximum absolute atomic E-state index is 13.7. The van der Waals surface area contributed by atoms with Gasteiger partial charge < -0.3 is 4.90 Å². The number of nitrogens with zero attached hydrogens (tertiary/aromatic N) is 5. The average Bonchev–Trinajstić information content (AvgIpc) is 2.84. The van der Waals surface area contributed by atoms with Crippen molar-refractivity contribution in [3.05, 3.63) is 100.0 Å². The van der Waals surface area contributed by atoms with Gasteiger partial charge in [-0.1, -0.05) is 18.2 Å². The number of halogens is 4. The van der Waals surface area contributed by atoms with Gasteiger partial charge in [0.15, 0.2) is 5.78 Å². The highest BCUT2D eigenvalue weighted by Crippen LogP contribution is 2.35. The molecule has 2 aromatic carbocycles. The zero-order chi connectivity index (χ0) is 24.7. The first-order valence-corrected chi connectivity index (χ1v) is 10.4. The minimum atomic E-state index is -4.95. The van der Waals surface area contributed by atoms with Gasteiger partial charge in [0.25, 0.3) is 5.56 Å². The Hall–Kier alpha value is -4.41. The number of alkyl halides is 3. The third-order valence-corrected chi connectivity index (χ3v) is 5.58. The predicted molar refractivity (Wildman–Crippen MR) is 118 cm³/mol. The van der Waals surface area contributed by atoms with E-state index in [1.54, 1.807) is 30.3 Å². The van der Waals surface area contributed by atoms with Crippen molar-refractivity contribution in [1.29, 1.82) is 0 Å². The number of para-hydroxylation sites is 1. The summed E-state index contributed by atoms with van der Waals surface area (Å²) in [5.74, 6) is -2.04. The molecule has 0 N–H and O–H groups in total. The fraction of sp³-hybridized carbons (Fsp3) is 0.125. The normalized spacial score (nSPS) is 12.7. The summed E-state index contributed by atoms with van der Waals surface area (Å²) in [6.07, 6.45) is -2.16. The van der Waals surface area contributed by atoms with E-state index >= 15 is 0 Å². The number of carbonyl (C=O) groups excluding carboxylic acids is 1. The van der Waals surface area contributed by atoms with Crippen LogP contribution in [0.4, 0.5) is 29.2 Å². The monoisotopic (exact) mass is 481 g/mol.